The van der Waals surface area contributed by atoms with Gasteiger partial charge in [-0.15, -0.1) is 0 Å². The molecule has 48 heavy (non-hydrogen) atoms. The van der Waals surface area contributed by atoms with Crippen molar-refractivity contribution in [3.63, 3.8) is 0 Å². The fraction of sp³-hybridized carbons (Fsp3) is 0.235. The third-order valence-corrected chi connectivity index (χ3v) is 10.2. The second kappa shape index (κ2) is 16.3. The molecule has 0 saturated heterocycles. The Morgan fingerprint density at radius 2 is 1.44 bits per heavy atom. The van der Waals surface area contributed by atoms with Gasteiger partial charge in [0.15, 0.2) is 11.5 Å². The Morgan fingerprint density at radius 1 is 0.771 bits per heavy atom. The van der Waals surface area contributed by atoms with Crippen LogP contribution < -0.4 is 23.8 Å². The number of hydrogen-bond donors (Lipinski definition) is 1. The van der Waals surface area contributed by atoms with E-state index in [1.54, 1.807) is 18.2 Å². The van der Waals surface area contributed by atoms with Gasteiger partial charge >= 0.3 is 0 Å². The molecule has 14 heteroatoms. The van der Waals surface area contributed by atoms with E-state index in [0.29, 0.717) is 16.3 Å². The number of halogens is 3. The Bertz CT molecular complexity index is 1880. The van der Waals surface area contributed by atoms with E-state index < -0.39 is 34.4 Å². The lowest BCUT2D eigenvalue weighted by Gasteiger charge is -2.34. The average molecular weight is 735 g/mol. The minimum absolute atomic E-state index is 0.00201. The number of ether oxygens (including phenoxy) is 3. The molecule has 0 spiro atoms. The number of likely N-dealkylation sites (N-methyl/N-ethyl adjacent to an activating group) is 1. The molecule has 0 radical (unpaired) electrons. The van der Waals surface area contributed by atoms with Gasteiger partial charge in [0.05, 0.1) is 42.0 Å². The molecular formula is C34H34Cl3N3O7S. The predicted octanol–water partition coefficient (Wildman–Crippen LogP) is 6.25. The summed E-state index contributed by atoms with van der Waals surface area (Å²) in [6.07, 6.45) is 0.135. The maximum absolute atomic E-state index is 14.6. The summed E-state index contributed by atoms with van der Waals surface area (Å²) in [6.45, 7) is -0.839. The van der Waals surface area contributed by atoms with Crippen molar-refractivity contribution in [1.82, 2.24) is 10.2 Å². The summed E-state index contributed by atoms with van der Waals surface area (Å²) in [5.74, 6) is -0.550. The first kappa shape index (κ1) is 36.7. The van der Waals surface area contributed by atoms with Gasteiger partial charge in [0.1, 0.15) is 18.3 Å². The first-order valence-corrected chi connectivity index (χ1v) is 17.1. The van der Waals surface area contributed by atoms with Gasteiger partial charge in [-0.05, 0) is 53.6 Å². The van der Waals surface area contributed by atoms with Crippen molar-refractivity contribution in [1.29, 1.82) is 0 Å². The molecule has 4 aromatic rings. The molecule has 254 valence electrons. The summed E-state index contributed by atoms with van der Waals surface area (Å²) < 4.78 is 46.0. The van der Waals surface area contributed by atoms with E-state index in [9.17, 15) is 18.0 Å². The van der Waals surface area contributed by atoms with Crippen molar-refractivity contribution < 1.29 is 32.2 Å². The average Bonchev–Trinajstić information content (AvgIpc) is 3.09. The third-order valence-electron chi connectivity index (χ3n) is 7.49. The second-order valence-electron chi connectivity index (χ2n) is 10.4. The molecule has 0 aliphatic rings. The van der Waals surface area contributed by atoms with Crippen LogP contribution >= 0.6 is 34.8 Å². The van der Waals surface area contributed by atoms with Crippen molar-refractivity contribution in [2.75, 3.05) is 39.2 Å². The van der Waals surface area contributed by atoms with Gasteiger partial charge in [0, 0.05) is 31.1 Å². The molecule has 10 nitrogen and oxygen atoms in total. The molecule has 0 bridgehead atoms. The van der Waals surface area contributed by atoms with Crippen LogP contribution in [0.15, 0.2) is 89.8 Å². The summed E-state index contributed by atoms with van der Waals surface area (Å²) in [5.41, 5.74) is 1.35. The highest BCUT2D eigenvalue weighted by atomic mass is 35.5. The molecule has 0 heterocycles. The molecule has 0 saturated carbocycles. The Labute approximate surface area is 295 Å². The molecule has 4 aromatic carbocycles. The second-order valence-corrected chi connectivity index (χ2v) is 13.5. The molecule has 0 aliphatic carbocycles. The topological polar surface area (TPSA) is 114 Å². The number of methoxy groups -OCH3 is 3. The third kappa shape index (κ3) is 8.46. The van der Waals surface area contributed by atoms with Crippen LogP contribution in [0.4, 0.5) is 5.69 Å². The molecule has 1 unspecified atom stereocenters. The van der Waals surface area contributed by atoms with Crippen LogP contribution in [-0.4, -0.2) is 66.1 Å². The van der Waals surface area contributed by atoms with Crippen molar-refractivity contribution in [3.05, 3.63) is 111 Å². The highest BCUT2D eigenvalue weighted by Gasteiger charge is 2.36. The van der Waals surface area contributed by atoms with Crippen LogP contribution in [0.1, 0.15) is 11.1 Å². The van der Waals surface area contributed by atoms with Gasteiger partial charge in [0.2, 0.25) is 11.8 Å². The quantitative estimate of drug-likeness (QED) is 0.163. The van der Waals surface area contributed by atoms with E-state index in [1.165, 1.54) is 69.7 Å². The Hall–Kier alpha value is -4.16. The van der Waals surface area contributed by atoms with Crippen LogP contribution in [0.2, 0.25) is 15.1 Å². The lowest BCUT2D eigenvalue weighted by Crippen LogP contribution is -2.53. The normalized spacial score (nSPS) is 11.7. The smallest absolute Gasteiger partial charge is 0.265 e. The number of sulfonamides is 1. The number of benzene rings is 4. The number of amides is 2. The molecule has 0 aliphatic heterocycles. The first-order valence-electron chi connectivity index (χ1n) is 14.5. The van der Waals surface area contributed by atoms with E-state index in [4.69, 9.17) is 49.0 Å². The van der Waals surface area contributed by atoms with Crippen LogP contribution in [0.25, 0.3) is 0 Å². The molecule has 1 atom stereocenters. The monoisotopic (exact) mass is 733 g/mol. The number of rotatable bonds is 14. The van der Waals surface area contributed by atoms with Crippen molar-refractivity contribution in [3.8, 4) is 17.2 Å². The van der Waals surface area contributed by atoms with E-state index >= 15 is 0 Å². The molecule has 1 N–H and O–H groups in total. The number of anilines is 1. The van der Waals surface area contributed by atoms with Crippen molar-refractivity contribution in [2.45, 2.75) is 23.9 Å². The molecule has 0 fully saturated rings. The summed E-state index contributed by atoms with van der Waals surface area (Å²) in [7, 11) is 1.12. The fourth-order valence-electron chi connectivity index (χ4n) is 5.03. The Kier molecular flexibility index (Phi) is 12.4. The summed E-state index contributed by atoms with van der Waals surface area (Å²) in [4.78, 5) is 29.2. The highest BCUT2D eigenvalue weighted by molar-refractivity contribution is 7.92. The zero-order valence-corrected chi connectivity index (χ0v) is 29.7. The molecule has 4 rings (SSSR count). The summed E-state index contributed by atoms with van der Waals surface area (Å²) >= 11 is 18.8. The maximum Gasteiger partial charge on any atom is 0.265 e. The van der Waals surface area contributed by atoms with Crippen LogP contribution in [0, 0.1) is 0 Å². The SMILES string of the molecule is CNC(=O)C(Cc1ccccc1)N(Cc1ccc(Cl)c(Cl)c1)C(=O)CN(c1cc(Cl)ccc1OC)S(=O)(=O)c1ccc(OC)c(OC)c1. The zero-order valence-electron chi connectivity index (χ0n) is 26.6. The van der Waals surface area contributed by atoms with Crippen molar-refractivity contribution in [2.24, 2.45) is 0 Å². The zero-order chi connectivity index (χ0) is 35.0. The van der Waals surface area contributed by atoms with Gasteiger partial charge in [-0.1, -0.05) is 71.2 Å². The van der Waals surface area contributed by atoms with Gasteiger partial charge < -0.3 is 24.4 Å². The number of carbonyl (C=O) groups is 2. The van der Waals surface area contributed by atoms with Crippen molar-refractivity contribution >= 4 is 62.3 Å². The molecular weight excluding hydrogens is 701 g/mol. The lowest BCUT2D eigenvalue weighted by molar-refractivity contribution is -0.139. The molecule has 0 aromatic heterocycles. The standard InChI is InChI=1S/C34H34Cl3N3O7S/c1-38-34(42)29(17-22-8-6-5-7-9-22)39(20-23-10-13-26(36)27(37)16-23)33(41)21-40(28-18-24(35)11-14-30(28)45-2)48(43,44)25-12-15-31(46-3)32(19-25)47-4/h5-16,18-19,29H,17,20-21H2,1-4H3,(H,38,42). The van der Waals surface area contributed by atoms with Gasteiger partial charge in [-0.2, -0.15) is 0 Å². The van der Waals surface area contributed by atoms with E-state index in [2.05, 4.69) is 5.32 Å². The number of carbonyl (C=O) groups excluding carboxylic acids is 2. The summed E-state index contributed by atoms with van der Waals surface area (Å²) in [6, 6.07) is 21.4. The first-order chi connectivity index (χ1) is 22.9. The van der Waals surface area contributed by atoms with Crippen LogP contribution in [0.5, 0.6) is 17.2 Å². The van der Waals surface area contributed by atoms with Gasteiger partial charge in [-0.3, -0.25) is 13.9 Å². The number of hydrogen-bond acceptors (Lipinski definition) is 7. The predicted molar refractivity (Wildman–Crippen MR) is 187 cm³/mol. The Morgan fingerprint density at radius 3 is 2.06 bits per heavy atom. The largest absolute Gasteiger partial charge is 0.495 e. The van der Waals surface area contributed by atoms with Gasteiger partial charge in [-0.25, -0.2) is 8.42 Å². The highest BCUT2D eigenvalue weighted by Crippen LogP contribution is 2.37. The lowest BCUT2D eigenvalue weighted by atomic mass is 10.0. The van der Waals surface area contributed by atoms with Gasteiger partial charge in [0.25, 0.3) is 10.0 Å². The minimum atomic E-state index is -4.51. The van der Waals surface area contributed by atoms with E-state index in [0.717, 1.165) is 9.87 Å². The van der Waals surface area contributed by atoms with E-state index in [-0.39, 0.29) is 45.1 Å². The minimum Gasteiger partial charge on any atom is -0.495 e. The maximum atomic E-state index is 14.6. The molecule has 2 amide bonds. The summed E-state index contributed by atoms with van der Waals surface area (Å²) in [5, 5.41) is 3.40. The Balaban J connectivity index is 1.88. The fourth-order valence-corrected chi connectivity index (χ4v) is 6.95. The van der Waals surface area contributed by atoms with E-state index in [1.807, 2.05) is 30.3 Å². The van der Waals surface area contributed by atoms with Crippen LogP contribution in [0.3, 0.4) is 0 Å². The van der Waals surface area contributed by atoms with Crippen LogP contribution in [-0.2, 0) is 32.6 Å². The number of nitrogens with one attached hydrogen (secondary N) is 1. The number of nitrogens with zero attached hydrogens (tertiary/aromatic N) is 2.